The number of amides is 2. The van der Waals surface area contributed by atoms with Crippen LogP contribution in [-0.2, 0) is 22.5 Å². The fraction of sp³-hybridized carbons (Fsp3) is 0.348. The van der Waals surface area contributed by atoms with E-state index in [1.807, 2.05) is 45.9 Å². The molecule has 1 aromatic carbocycles. The molecule has 0 spiro atoms. The zero-order valence-corrected chi connectivity index (χ0v) is 21.5. The van der Waals surface area contributed by atoms with Gasteiger partial charge in [-0.2, -0.15) is 0 Å². The number of carbonyl (C=O) groups excluding carboxylic acids is 2. The van der Waals surface area contributed by atoms with Gasteiger partial charge in [0.25, 0.3) is 0 Å². The van der Waals surface area contributed by atoms with Gasteiger partial charge < -0.3 is 15.0 Å². The molecule has 0 radical (unpaired) electrons. The van der Waals surface area contributed by atoms with Gasteiger partial charge in [-0.3, -0.25) is 4.79 Å². The van der Waals surface area contributed by atoms with E-state index >= 15 is 0 Å². The van der Waals surface area contributed by atoms with E-state index in [9.17, 15) is 9.59 Å². The van der Waals surface area contributed by atoms with Gasteiger partial charge >= 0.3 is 6.09 Å². The van der Waals surface area contributed by atoms with Gasteiger partial charge in [0.15, 0.2) is 0 Å². The fourth-order valence-electron chi connectivity index (χ4n) is 3.62. The molecular formula is C23H24BrN3O3S2. The molecule has 1 atom stereocenters. The monoisotopic (exact) mass is 533 g/mol. The summed E-state index contributed by atoms with van der Waals surface area (Å²) in [7, 11) is 0. The molecule has 168 valence electrons. The van der Waals surface area contributed by atoms with Crippen LogP contribution in [-0.4, -0.2) is 33.5 Å². The molecule has 1 aliphatic rings. The zero-order valence-electron chi connectivity index (χ0n) is 18.3. The first-order chi connectivity index (χ1) is 15.1. The topological polar surface area (TPSA) is 71.5 Å². The number of halogens is 1. The third-order valence-electron chi connectivity index (χ3n) is 5.05. The number of rotatable bonds is 3. The SMILES string of the molecule is C=CC(=O)Nc1sc2c(c1-c1nc3cc(Br)ccc3s1)C[C@@H](C)N(C(=O)OC(C)(C)C)C2. The Bertz CT molecular complexity index is 1230. The summed E-state index contributed by atoms with van der Waals surface area (Å²) in [6.45, 7) is 11.6. The van der Waals surface area contributed by atoms with Crippen molar-refractivity contribution in [3.8, 4) is 10.6 Å². The Morgan fingerprint density at radius 1 is 1.34 bits per heavy atom. The summed E-state index contributed by atoms with van der Waals surface area (Å²) in [6, 6.07) is 5.98. The number of anilines is 1. The van der Waals surface area contributed by atoms with Crippen molar-refractivity contribution in [3.63, 3.8) is 0 Å². The Labute approximate surface area is 203 Å². The molecule has 6 nitrogen and oxygen atoms in total. The normalized spacial score (nSPS) is 16.0. The largest absolute Gasteiger partial charge is 0.444 e. The highest BCUT2D eigenvalue weighted by molar-refractivity contribution is 9.10. The highest BCUT2D eigenvalue weighted by Gasteiger charge is 2.35. The Hall–Kier alpha value is -2.23. The highest BCUT2D eigenvalue weighted by atomic mass is 79.9. The predicted octanol–water partition coefficient (Wildman–Crippen LogP) is 6.59. The minimum absolute atomic E-state index is 0.0443. The molecule has 0 fully saturated rings. The van der Waals surface area contributed by atoms with Crippen LogP contribution in [0.3, 0.4) is 0 Å². The molecule has 0 aliphatic carbocycles. The minimum atomic E-state index is -0.559. The van der Waals surface area contributed by atoms with Crippen molar-refractivity contribution in [2.24, 2.45) is 0 Å². The summed E-state index contributed by atoms with van der Waals surface area (Å²) in [4.78, 5) is 32.6. The summed E-state index contributed by atoms with van der Waals surface area (Å²) in [5, 5.41) is 4.54. The van der Waals surface area contributed by atoms with E-state index in [4.69, 9.17) is 9.72 Å². The Balaban J connectivity index is 1.78. The van der Waals surface area contributed by atoms with E-state index < -0.39 is 5.60 Å². The van der Waals surface area contributed by atoms with E-state index in [1.54, 1.807) is 16.2 Å². The number of thiophene rings is 1. The van der Waals surface area contributed by atoms with E-state index in [0.29, 0.717) is 13.0 Å². The molecule has 0 saturated carbocycles. The molecule has 0 saturated heterocycles. The molecule has 0 bridgehead atoms. The van der Waals surface area contributed by atoms with Crippen LogP contribution < -0.4 is 5.32 Å². The van der Waals surface area contributed by atoms with Gasteiger partial charge in [-0.05, 0) is 64.0 Å². The maximum absolute atomic E-state index is 12.8. The van der Waals surface area contributed by atoms with Crippen LogP contribution in [0, 0.1) is 0 Å². The number of carbonyl (C=O) groups is 2. The average molecular weight is 535 g/mol. The maximum Gasteiger partial charge on any atom is 0.410 e. The van der Waals surface area contributed by atoms with E-state index in [1.165, 1.54) is 17.4 Å². The van der Waals surface area contributed by atoms with Crippen molar-refractivity contribution >= 4 is 65.8 Å². The second kappa shape index (κ2) is 8.61. The Morgan fingerprint density at radius 3 is 2.78 bits per heavy atom. The second-order valence-corrected chi connectivity index (χ2v) is 11.7. The van der Waals surface area contributed by atoms with Crippen LogP contribution in [0.1, 0.15) is 38.1 Å². The van der Waals surface area contributed by atoms with Gasteiger partial charge in [0, 0.05) is 21.0 Å². The van der Waals surface area contributed by atoms with Crippen LogP contribution in [0.25, 0.3) is 20.8 Å². The number of fused-ring (bicyclic) bond motifs is 2. The van der Waals surface area contributed by atoms with Gasteiger partial charge in [0.05, 0.1) is 16.8 Å². The summed E-state index contributed by atoms with van der Waals surface area (Å²) in [5.74, 6) is -0.272. The first-order valence-electron chi connectivity index (χ1n) is 10.2. The van der Waals surface area contributed by atoms with E-state index in [2.05, 4.69) is 27.8 Å². The molecule has 2 amide bonds. The molecule has 9 heteroatoms. The van der Waals surface area contributed by atoms with Gasteiger partial charge in [-0.15, -0.1) is 22.7 Å². The van der Waals surface area contributed by atoms with Crippen LogP contribution in [0.2, 0.25) is 0 Å². The van der Waals surface area contributed by atoms with Crippen molar-refractivity contribution in [2.45, 2.75) is 52.3 Å². The number of aromatic nitrogens is 1. The number of nitrogens with zero attached hydrogens (tertiary/aromatic N) is 2. The standard InChI is InChI=1S/C23H24BrN3O3S2/c1-6-18(28)26-21-19(20-25-15-10-13(24)7-8-16(15)31-20)14-9-12(2)27(11-17(14)32-21)22(29)30-23(3,4)5/h6-8,10,12H,1,9,11H2,2-5H3,(H,26,28)/t12-/m1/s1. The summed E-state index contributed by atoms with van der Waals surface area (Å²) in [6.07, 6.45) is 1.59. The number of nitrogens with one attached hydrogen (secondary N) is 1. The van der Waals surface area contributed by atoms with E-state index in [-0.39, 0.29) is 18.0 Å². The lowest BCUT2D eigenvalue weighted by molar-refractivity contribution is -0.111. The van der Waals surface area contributed by atoms with Crippen molar-refractivity contribution in [1.82, 2.24) is 9.88 Å². The molecule has 4 rings (SSSR count). The van der Waals surface area contributed by atoms with Gasteiger partial charge in [0.2, 0.25) is 5.91 Å². The number of hydrogen-bond acceptors (Lipinski definition) is 6. The van der Waals surface area contributed by atoms with Gasteiger partial charge in [-0.25, -0.2) is 9.78 Å². The zero-order chi connectivity index (χ0) is 23.2. The summed E-state index contributed by atoms with van der Waals surface area (Å²) in [5.41, 5.74) is 2.41. The maximum atomic E-state index is 12.8. The number of thiazole rings is 1. The van der Waals surface area contributed by atoms with Crippen molar-refractivity contribution in [2.75, 3.05) is 5.32 Å². The van der Waals surface area contributed by atoms with E-state index in [0.717, 1.165) is 40.7 Å². The number of hydrogen-bond donors (Lipinski definition) is 1. The first kappa shape index (κ1) is 22.9. The second-order valence-electron chi connectivity index (χ2n) is 8.69. The quantitative estimate of drug-likeness (QED) is 0.385. The average Bonchev–Trinajstić information content (AvgIpc) is 3.25. The predicted molar refractivity (Wildman–Crippen MR) is 134 cm³/mol. The van der Waals surface area contributed by atoms with Crippen LogP contribution in [0.4, 0.5) is 9.80 Å². The lowest BCUT2D eigenvalue weighted by Gasteiger charge is -2.35. The molecule has 3 aromatic rings. The van der Waals surface area contributed by atoms with Crippen LogP contribution >= 0.6 is 38.6 Å². The molecule has 32 heavy (non-hydrogen) atoms. The smallest absolute Gasteiger partial charge is 0.410 e. The fourth-order valence-corrected chi connectivity index (χ4v) is 6.29. The third-order valence-corrected chi connectivity index (χ3v) is 7.73. The van der Waals surface area contributed by atoms with Crippen molar-refractivity contribution < 1.29 is 14.3 Å². The van der Waals surface area contributed by atoms with Crippen molar-refractivity contribution in [1.29, 1.82) is 0 Å². The lowest BCUT2D eigenvalue weighted by Crippen LogP contribution is -2.44. The van der Waals surface area contributed by atoms with Gasteiger partial charge in [0.1, 0.15) is 15.6 Å². The molecular weight excluding hydrogens is 510 g/mol. The number of ether oxygens (including phenoxy) is 1. The number of benzene rings is 1. The van der Waals surface area contributed by atoms with Crippen LogP contribution in [0.5, 0.6) is 0 Å². The third kappa shape index (κ3) is 4.60. The molecule has 0 unspecified atom stereocenters. The Kier molecular flexibility index (Phi) is 6.17. The molecule has 1 aliphatic heterocycles. The van der Waals surface area contributed by atoms with Crippen LogP contribution in [0.15, 0.2) is 35.3 Å². The Morgan fingerprint density at radius 2 is 2.09 bits per heavy atom. The summed E-state index contributed by atoms with van der Waals surface area (Å²) >= 11 is 6.58. The molecule has 2 aromatic heterocycles. The minimum Gasteiger partial charge on any atom is -0.444 e. The van der Waals surface area contributed by atoms with Gasteiger partial charge in [-0.1, -0.05) is 22.5 Å². The summed E-state index contributed by atoms with van der Waals surface area (Å²) < 4.78 is 7.65. The molecule has 1 N–H and O–H groups in total. The molecule has 3 heterocycles. The highest BCUT2D eigenvalue weighted by Crippen LogP contribution is 2.46. The first-order valence-corrected chi connectivity index (χ1v) is 12.6. The van der Waals surface area contributed by atoms with Crippen molar-refractivity contribution in [3.05, 3.63) is 45.8 Å². The lowest BCUT2D eigenvalue weighted by atomic mass is 9.97.